The average molecular weight is 275 g/mol. The van der Waals surface area contributed by atoms with Crippen molar-refractivity contribution in [2.45, 2.75) is 12.8 Å². The number of nitrogens with zero attached hydrogens (tertiary/aromatic N) is 1. The number of rotatable bonds is 1. The maximum atomic E-state index is 8.74. The van der Waals surface area contributed by atoms with Gasteiger partial charge in [0.05, 0.1) is 11.4 Å². The lowest BCUT2D eigenvalue weighted by molar-refractivity contribution is 0.381. The number of benzene rings is 1. The molecule has 1 heterocycles. The van der Waals surface area contributed by atoms with E-state index in [1.165, 1.54) is 12.8 Å². The minimum absolute atomic E-state index is 0.788. The molecule has 1 aliphatic heterocycles. The lowest BCUT2D eigenvalue weighted by Crippen LogP contribution is -2.19. The zero-order chi connectivity index (χ0) is 13.8. The summed E-state index contributed by atoms with van der Waals surface area (Å²) in [6, 6.07) is 5.68. The number of anilines is 3. The van der Waals surface area contributed by atoms with Crippen molar-refractivity contribution in [1.29, 1.82) is 0 Å². The molecule has 1 aromatic rings. The summed E-state index contributed by atoms with van der Waals surface area (Å²) in [4.78, 5) is 2.30. The first kappa shape index (κ1) is 14.6. The van der Waals surface area contributed by atoms with Crippen molar-refractivity contribution in [3.63, 3.8) is 0 Å². The monoisotopic (exact) mass is 275 g/mol. The Balaban J connectivity index is 0.000000280. The quantitative estimate of drug-likeness (QED) is 0.440. The minimum Gasteiger partial charge on any atom is -0.399 e. The third-order valence-electron chi connectivity index (χ3n) is 2.50. The summed E-state index contributed by atoms with van der Waals surface area (Å²) >= 11 is 0. The molecule has 6 N–H and O–H groups in total. The third kappa shape index (κ3) is 5.21. The van der Waals surface area contributed by atoms with Crippen molar-refractivity contribution in [2.24, 2.45) is 0 Å². The Morgan fingerprint density at radius 2 is 1.61 bits per heavy atom. The Kier molecular flexibility index (Phi) is 4.76. The molecular formula is C10H17N3O4S. The summed E-state index contributed by atoms with van der Waals surface area (Å²) in [5, 5.41) is 0. The SMILES string of the molecule is Nc1ccc(N)c(N2CCCC2)c1.O=S(=O)(O)O. The minimum atomic E-state index is -4.67. The van der Waals surface area contributed by atoms with Gasteiger partial charge >= 0.3 is 10.4 Å². The van der Waals surface area contributed by atoms with Gasteiger partial charge in [-0.05, 0) is 31.0 Å². The lowest BCUT2D eigenvalue weighted by Gasteiger charge is -2.19. The highest BCUT2D eigenvalue weighted by Gasteiger charge is 2.14. The molecule has 0 amide bonds. The van der Waals surface area contributed by atoms with Crippen LogP contribution < -0.4 is 16.4 Å². The molecule has 0 atom stereocenters. The van der Waals surface area contributed by atoms with Gasteiger partial charge in [0.15, 0.2) is 0 Å². The molecule has 0 bridgehead atoms. The fraction of sp³-hybridized carbons (Fsp3) is 0.400. The van der Waals surface area contributed by atoms with E-state index >= 15 is 0 Å². The number of nitrogen functional groups attached to an aromatic ring is 2. The fourth-order valence-electron chi connectivity index (χ4n) is 1.79. The van der Waals surface area contributed by atoms with Crippen molar-refractivity contribution in [2.75, 3.05) is 29.5 Å². The molecule has 0 aliphatic carbocycles. The Morgan fingerprint density at radius 1 is 1.11 bits per heavy atom. The van der Waals surface area contributed by atoms with Crippen LogP contribution in [-0.4, -0.2) is 30.6 Å². The van der Waals surface area contributed by atoms with E-state index in [9.17, 15) is 0 Å². The van der Waals surface area contributed by atoms with Gasteiger partial charge in [-0.15, -0.1) is 0 Å². The second-order valence-corrected chi connectivity index (χ2v) is 4.86. The van der Waals surface area contributed by atoms with Gasteiger partial charge in [-0.25, -0.2) is 0 Å². The van der Waals surface area contributed by atoms with E-state index in [0.29, 0.717) is 0 Å². The summed E-state index contributed by atoms with van der Waals surface area (Å²) < 4.78 is 31.6. The molecule has 0 unspecified atom stereocenters. The van der Waals surface area contributed by atoms with Crippen LogP contribution in [0.2, 0.25) is 0 Å². The number of hydrogen-bond acceptors (Lipinski definition) is 5. The van der Waals surface area contributed by atoms with E-state index in [1.54, 1.807) is 0 Å². The van der Waals surface area contributed by atoms with E-state index in [4.69, 9.17) is 29.0 Å². The third-order valence-corrected chi connectivity index (χ3v) is 2.50. The van der Waals surface area contributed by atoms with Crippen molar-refractivity contribution < 1.29 is 17.5 Å². The fourth-order valence-corrected chi connectivity index (χ4v) is 1.79. The topological polar surface area (TPSA) is 130 Å². The largest absolute Gasteiger partial charge is 0.399 e. The summed E-state index contributed by atoms with van der Waals surface area (Å²) in [7, 11) is -4.67. The standard InChI is InChI=1S/C10H15N3.H2O4S/c11-8-3-4-9(12)10(7-8)13-5-1-2-6-13;1-5(2,3)4/h3-4,7H,1-2,5-6,11-12H2;(H2,1,2,3,4). The molecule has 0 aromatic heterocycles. The normalized spacial score (nSPS) is 15.1. The predicted octanol–water partition coefficient (Wildman–Crippen LogP) is 0.798. The summed E-state index contributed by atoms with van der Waals surface area (Å²) in [5.74, 6) is 0. The van der Waals surface area contributed by atoms with Gasteiger partial charge in [-0.2, -0.15) is 8.42 Å². The molecule has 1 aliphatic rings. The number of hydrogen-bond donors (Lipinski definition) is 4. The van der Waals surface area contributed by atoms with Gasteiger partial charge in [0.25, 0.3) is 0 Å². The number of nitrogens with two attached hydrogens (primary N) is 2. The molecule has 18 heavy (non-hydrogen) atoms. The van der Waals surface area contributed by atoms with Crippen molar-refractivity contribution in [1.82, 2.24) is 0 Å². The van der Waals surface area contributed by atoms with Gasteiger partial charge in [0.1, 0.15) is 0 Å². The Labute approximate surface area is 106 Å². The molecule has 1 aromatic carbocycles. The van der Waals surface area contributed by atoms with Crippen molar-refractivity contribution >= 4 is 27.5 Å². The predicted molar refractivity (Wildman–Crippen MR) is 70.9 cm³/mol. The smallest absolute Gasteiger partial charge is 0.394 e. The maximum absolute atomic E-state index is 8.74. The maximum Gasteiger partial charge on any atom is 0.394 e. The highest BCUT2D eigenvalue weighted by molar-refractivity contribution is 7.79. The van der Waals surface area contributed by atoms with E-state index in [-0.39, 0.29) is 0 Å². The summed E-state index contributed by atoms with van der Waals surface area (Å²) in [6.45, 7) is 2.21. The molecule has 0 spiro atoms. The van der Waals surface area contributed by atoms with Crippen LogP contribution in [-0.2, 0) is 10.4 Å². The molecular weight excluding hydrogens is 258 g/mol. The van der Waals surface area contributed by atoms with Gasteiger partial charge in [0.2, 0.25) is 0 Å². The van der Waals surface area contributed by atoms with Crippen LogP contribution in [0.1, 0.15) is 12.8 Å². The first-order valence-corrected chi connectivity index (χ1v) is 6.77. The van der Waals surface area contributed by atoms with Crippen LogP contribution in [0.25, 0.3) is 0 Å². The second-order valence-electron chi connectivity index (χ2n) is 3.96. The Morgan fingerprint density at radius 3 is 2.11 bits per heavy atom. The van der Waals surface area contributed by atoms with E-state index in [2.05, 4.69) is 4.90 Å². The Bertz CT molecular complexity index is 490. The van der Waals surface area contributed by atoms with Gasteiger partial charge in [0, 0.05) is 18.8 Å². The molecule has 8 heteroatoms. The van der Waals surface area contributed by atoms with Crippen molar-refractivity contribution in [3.8, 4) is 0 Å². The average Bonchev–Trinajstić information content (AvgIpc) is 2.72. The van der Waals surface area contributed by atoms with Gasteiger partial charge in [-0.1, -0.05) is 0 Å². The molecule has 1 fully saturated rings. The highest BCUT2D eigenvalue weighted by Crippen LogP contribution is 2.28. The van der Waals surface area contributed by atoms with Crippen LogP contribution in [0, 0.1) is 0 Å². The lowest BCUT2D eigenvalue weighted by atomic mass is 10.2. The van der Waals surface area contributed by atoms with E-state index < -0.39 is 10.4 Å². The van der Waals surface area contributed by atoms with Crippen LogP contribution in [0.4, 0.5) is 17.1 Å². The summed E-state index contributed by atoms with van der Waals surface area (Å²) in [6.07, 6.45) is 2.52. The molecule has 7 nitrogen and oxygen atoms in total. The van der Waals surface area contributed by atoms with Gasteiger partial charge < -0.3 is 16.4 Å². The molecule has 0 saturated carbocycles. The first-order chi connectivity index (χ1) is 8.27. The zero-order valence-corrected chi connectivity index (χ0v) is 10.6. The second kappa shape index (κ2) is 5.89. The zero-order valence-electron chi connectivity index (χ0n) is 9.78. The van der Waals surface area contributed by atoms with Crippen LogP contribution >= 0.6 is 0 Å². The Hall–Kier alpha value is -1.51. The summed E-state index contributed by atoms with van der Waals surface area (Å²) in [5.41, 5.74) is 14.3. The van der Waals surface area contributed by atoms with Crippen LogP contribution in [0.3, 0.4) is 0 Å². The molecule has 0 radical (unpaired) electrons. The van der Waals surface area contributed by atoms with E-state index in [0.717, 1.165) is 30.2 Å². The molecule has 2 rings (SSSR count). The van der Waals surface area contributed by atoms with Crippen molar-refractivity contribution in [3.05, 3.63) is 18.2 Å². The molecule has 102 valence electrons. The van der Waals surface area contributed by atoms with E-state index in [1.807, 2.05) is 18.2 Å². The first-order valence-electron chi connectivity index (χ1n) is 5.37. The van der Waals surface area contributed by atoms with Crippen LogP contribution in [0.5, 0.6) is 0 Å². The van der Waals surface area contributed by atoms with Crippen LogP contribution in [0.15, 0.2) is 18.2 Å². The highest BCUT2D eigenvalue weighted by atomic mass is 32.3. The van der Waals surface area contributed by atoms with Gasteiger partial charge in [-0.3, -0.25) is 9.11 Å². The molecule has 1 saturated heterocycles.